The van der Waals surface area contributed by atoms with Crippen molar-refractivity contribution in [1.82, 2.24) is 0 Å². The number of nitrogens with zero attached hydrogens (tertiary/aromatic N) is 1. The molecule has 2 heteroatoms. The first-order valence-electron chi connectivity index (χ1n) is 5.17. The number of aliphatic hydroxyl groups excluding tert-OH is 1. The van der Waals surface area contributed by atoms with Gasteiger partial charge in [-0.25, -0.2) is 0 Å². The smallest absolute Gasteiger partial charge is 0.204 e. The molecule has 0 bridgehead atoms. The Labute approximate surface area is 95.1 Å². The minimum atomic E-state index is 0.162. The van der Waals surface area contributed by atoms with Crippen LogP contribution in [0, 0.1) is 0 Å². The molecule has 1 aromatic heterocycles. The van der Waals surface area contributed by atoms with E-state index in [-0.39, 0.29) is 5.76 Å². The van der Waals surface area contributed by atoms with Crippen molar-refractivity contribution in [2.24, 2.45) is 0 Å². The SMILES string of the molecule is C=C(O)C[n+]1cccc(-c2ccccc2)c1. The molecule has 1 aromatic carbocycles. The zero-order chi connectivity index (χ0) is 11.4. The highest BCUT2D eigenvalue weighted by Gasteiger charge is 2.05. The molecular formula is C14H14NO+. The Bertz CT molecular complexity index is 491. The molecular weight excluding hydrogens is 198 g/mol. The second kappa shape index (κ2) is 4.62. The molecule has 0 amide bonds. The average molecular weight is 212 g/mol. The molecule has 0 atom stereocenters. The summed E-state index contributed by atoms with van der Waals surface area (Å²) in [6, 6.07) is 14.2. The van der Waals surface area contributed by atoms with Gasteiger partial charge in [0.25, 0.3) is 0 Å². The van der Waals surface area contributed by atoms with E-state index < -0.39 is 0 Å². The quantitative estimate of drug-likeness (QED) is 0.614. The van der Waals surface area contributed by atoms with Crippen molar-refractivity contribution in [2.75, 3.05) is 0 Å². The van der Waals surface area contributed by atoms with Crippen LogP contribution in [0.4, 0.5) is 0 Å². The van der Waals surface area contributed by atoms with Crippen molar-refractivity contribution in [2.45, 2.75) is 6.54 Å². The number of aromatic nitrogens is 1. The lowest BCUT2D eigenvalue weighted by Gasteiger charge is -2.00. The molecule has 0 saturated carbocycles. The fourth-order valence-corrected chi connectivity index (χ4v) is 1.63. The summed E-state index contributed by atoms with van der Waals surface area (Å²) >= 11 is 0. The van der Waals surface area contributed by atoms with Gasteiger partial charge in [0.1, 0.15) is 0 Å². The van der Waals surface area contributed by atoms with Crippen LogP contribution in [0.1, 0.15) is 0 Å². The van der Waals surface area contributed by atoms with E-state index in [1.54, 1.807) is 0 Å². The highest BCUT2D eigenvalue weighted by molar-refractivity contribution is 5.61. The lowest BCUT2D eigenvalue weighted by Crippen LogP contribution is -2.33. The number of benzene rings is 1. The summed E-state index contributed by atoms with van der Waals surface area (Å²) in [4.78, 5) is 0. The minimum Gasteiger partial charge on any atom is -0.506 e. The molecule has 0 radical (unpaired) electrons. The molecule has 1 N–H and O–H groups in total. The molecule has 0 aliphatic rings. The maximum atomic E-state index is 9.15. The largest absolute Gasteiger partial charge is 0.506 e. The first kappa shape index (κ1) is 10.4. The van der Waals surface area contributed by atoms with Gasteiger partial charge in [-0.1, -0.05) is 36.9 Å². The van der Waals surface area contributed by atoms with Gasteiger partial charge in [-0.05, 0) is 11.6 Å². The minimum absolute atomic E-state index is 0.162. The van der Waals surface area contributed by atoms with Gasteiger partial charge >= 0.3 is 0 Å². The molecule has 0 spiro atoms. The van der Waals surface area contributed by atoms with Crippen molar-refractivity contribution in [3.8, 4) is 11.1 Å². The Hall–Kier alpha value is -2.09. The van der Waals surface area contributed by atoms with Crippen molar-refractivity contribution in [3.63, 3.8) is 0 Å². The van der Waals surface area contributed by atoms with E-state index >= 15 is 0 Å². The number of allylic oxidation sites excluding steroid dienone is 1. The van der Waals surface area contributed by atoms with Crippen molar-refractivity contribution >= 4 is 0 Å². The molecule has 2 aromatic rings. The predicted molar refractivity (Wildman–Crippen MR) is 63.8 cm³/mol. The molecule has 2 nitrogen and oxygen atoms in total. The van der Waals surface area contributed by atoms with E-state index in [1.165, 1.54) is 5.56 Å². The Morgan fingerprint density at radius 3 is 2.44 bits per heavy atom. The Morgan fingerprint density at radius 1 is 1.06 bits per heavy atom. The van der Waals surface area contributed by atoms with E-state index in [2.05, 4.69) is 18.7 Å². The predicted octanol–water partition coefficient (Wildman–Crippen LogP) is 2.71. The maximum Gasteiger partial charge on any atom is 0.204 e. The number of hydrogen-bond donors (Lipinski definition) is 1. The van der Waals surface area contributed by atoms with Crippen LogP contribution < -0.4 is 4.57 Å². The van der Waals surface area contributed by atoms with E-state index in [0.717, 1.165) is 5.56 Å². The summed E-state index contributed by atoms with van der Waals surface area (Å²) in [7, 11) is 0. The van der Waals surface area contributed by atoms with Gasteiger partial charge in [0, 0.05) is 11.6 Å². The van der Waals surface area contributed by atoms with Gasteiger partial charge in [0.05, 0.1) is 0 Å². The number of pyridine rings is 1. The molecule has 2 rings (SSSR count). The number of rotatable bonds is 3. The van der Waals surface area contributed by atoms with E-state index in [4.69, 9.17) is 5.11 Å². The molecule has 0 unspecified atom stereocenters. The van der Waals surface area contributed by atoms with E-state index in [0.29, 0.717) is 6.54 Å². The normalized spacial score (nSPS) is 10.0. The van der Waals surface area contributed by atoms with Crippen LogP contribution >= 0.6 is 0 Å². The summed E-state index contributed by atoms with van der Waals surface area (Å²) in [5, 5.41) is 9.15. The van der Waals surface area contributed by atoms with Gasteiger partial charge in [-0.2, -0.15) is 4.57 Å². The monoisotopic (exact) mass is 212 g/mol. The van der Waals surface area contributed by atoms with Gasteiger partial charge < -0.3 is 5.11 Å². The Balaban J connectivity index is 2.33. The lowest BCUT2D eigenvalue weighted by atomic mass is 10.1. The second-order valence-electron chi connectivity index (χ2n) is 3.70. The van der Waals surface area contributed by atoms with Crippen LogP contribution in [-0.2, 0) is 6.54 Å². The zero-order valence-corrected chi connectivity index (χ0v) is 9.00. The molecule has 1 heterocycles. The van der Waals surface area contributed by atoms with Gasteiger partial charge in [-0.15, -0.1) is 0 Å². The summed E-state index contributed by atoms with van der Waals surface area (Å²) in [5.41, 5.74) is 2.30. The highest BCUT2D eigenvalue weighted by Crippen LogP contribution is 2.15. The third kappa shape index (κ3) is 2.48. The second-order valence-corrected chi connectivity index (χ2v) is 3.70. The maximum absolute atomic E-state index is 9.15. The first-order chi connectivity index (χ1) is 7.75. The summed E-state index contributed by atoms with van der Waals surface area (Å²) < 4.78 is 1.91. The topological polar surface area (TPSA) is 24.1 Å². The number of aliphatic hydroxyl groups is 1. The molecule has 16 heavy (non-hydrogen) atoms. The summed E-state index contributed by atoms with van der Waals surface area (Å²) in [6.45, 7) is 3.92. The molecule has 0 aliphatic carbocycles. The third-order valence-electron chi connectivity index (χ3n) is 2.33. The van der Waals surface area contributed by atoms with E-state index in [1.807, 2.05) is 47.3 Å². The number of hydrogen-bond acceptors (Lipinski definition) is 1. The Kier molecular flexibility index (Phi) is 3.01. The molecule has 0 saturated heterocycles. The summed E-state index contributed by atoms with van der Waals surface area (Å²) in [5.74, 6) is 0.162. The highest BCUT2D eigenvalue weighted by atomic mass is 16.3. The van der Waals surface area contributed by atoms with Crippen LogP contribution in [0.3, 0.4) is 0 Å². The fourth-order valence-electron chi connectivity index (χ4n) is 1.63. The van der Waals surface area contributed by atoms with Crippen LogP contribution in [0.25, 0.3) is 11.1 Å². The van der Waals surface area contributed by atoms with Crippen LogP contribution in [-0.4, -0.2) is 5.11 Å². The van der Waals surface area contributed by atoms with Gasteiger partial charge in [0.15, 0.2) is 18.2 Å². The van der Waals surface area contributed by atoms with Gasteiger partial charge in [-0.3, -0.25) is 0 Å². The first-order valence-corrected chi connectivity index (χ1v) is 5.17. The Morgan fingerprint density at radius 2 is 1.75 bits per heavy atom. The van der Waals surface area contributed by atoms with Crippen LogP contribution in [0.2, 0.25) is 0 Å². The van der Waals surface area contributed by atoms with Crippen molar-refractivity contribution < 1.29 is 9.67 Å². The lowest BCUT2D eigenvalue weighted by molar-refractivity contribution is -0.691. The molecule has 0 aliphatic heterocycles. The summed E-state index contributed by atoms with van der Waals surface area (Å²) in [6.07, 6.45) is 3.91. The fraction of sp³-hybridized carbons (Fsp3) is 0.0714. The van der Waals surface area contributed by atoms with Crippen LogP contribution in [0.15, 0.2) is 67.2 Å². The van der Waals surface area contributed by atoms with Crippen molar-refractivity contribution in [1.29, 1.82) is 0 Å². The molecule has 0 fully saturated rings. The average Bonchev–Trinajstić information content (AvgIpc) is 2.30. The third-order valence-corrected chi connectivity index (χ3v) is 2.33. The van der Waals surface area contributed by atoms with Crippen molar-refractivity contribution in [3.05, 3.63) is 67.2 Å². The standard InChI is InChI=1S/C14H13NO/c1-12(16)10-15-9-5-8-14(11-15)13-6-3-2-4-7-13/h2-9,11H,1,10H2/p+1. The van der Waals surface area contributed by atoms with E-state index in [9.17, 15) is 0 Å². The van der Waals surface area contributed by atoms with Gasteiger partial charge in [0.2, 0.25) is 6.54 Å². The van der Waals surface area contributed by atoms with Crippen LogP contribution in [0.5, 0.6) is 0 Å². The molecule has 80 valence electrons. The zero-order valence-electron chi connectivity index (χ0n) is 9.00.